The van der Waals surface area contributed by atoms with Gasteiger partial charge < -0.3 is 10.0 Å². The van der Waals surface area contributed by atoms with Crippen LogP contribution in [0.4, 0.5) is 4.39 Å². The predicted molar refractivity (Wildman–Crippen MR) is 108 cm³/mol. The third-order valence-electron chi connectivity index (χ3n) is 4.90. The number of ketones is 1. The van der Waals surface area contributed by atoms with Gasteiger partial charge in [0.1, 0.15) is 11.6 Å². The summed E-state index contributed by atoms with van der Waals surface area (Å²) in [5.41, 5.74) is 1.37. The number of rotatable bonds is 4. The summed E-state index contributed by atoms with van der Waals surface area (Å²) >= 11 is 1.38. The van der Waals surface area contributed by atoms with E-state index in [2.05, 4.69) is 4.98 Å². The molecule has 1 aliphatic heterocycles. The average Bonchev–Trinajstić information content (AvgIpc) is 3.33. The Morgan fingerprint density at radius 3 is 2.62 bits per heavy atom. The third-order valence-corrected chi connectivity index (χ3v) is 5.82. The molecule has 0 bridgehead atoms. The number of carbonyl (C=O) groups excluding carboxylic acids is 2. The standard InChI is InChI=1S/C22H17FN2O3S/c1-13-4-5-15(11-16(13)23)20(26)18-19(17-3-2-10-29-17)25(22(28)21(18)27)12-14-6-8-24-9-7-14/h2-11,19,26H,12H2,1H3/b20-18-. The quantitative estimate of drug-likeness (QED) is 0.399. The zero-order valence-electron chi connectivity index (χ0n) is 15.5. The number of amides is 1. The maximum atomic E-state index is 14.0. The fraction of sp³-hybridized carbons (Fsp3) is 0.136. The first-order valence-electron chi connectivity index (χ1n) is 8.94. The Balaban J connectivity index is 1.84. The van der Waals surface area contributed by atoms with Gasteiger partial charge in [-0.15, -0.1) is 11.3 Å². The van der Waals surface area contributed by atoms with Crippen molar-refractivity contribution in [3.63, 3.8) is 0 Å². The Kier molecular flexibility index (Phi) is 4.98. The van der Waals surface area contributed by atoms with Crippen molar-refractivity contribution < 1.29 is 19.1 Å². The molecule has 1 amide bonds. The van der Waals surface area contributed by atoms with Crippen LogP contribution in [0, 0.1) is 12.7 Å². The molecule has 1 atom stereocenters. The number of aliphatic hydroxyl groups excluding tert-OH is 1. The topological polar surface area (TPSA) is 70.5 Å². The van der Waals surface area contributed by atoms with E-state index in [0.29, 0.717) is 5.56 Å². The molecule has 146 valence electrons. The molecule has 1 fully saturated rings. The summed E-state index contributed by atoms with van der Waals surface area (Å²) in [6.45, 7) is 1.80. The van der Waals surface area contributed by atoms with E-state index in [1.54, 1.807) is 31.5 Å². The van der Waals surface area contributed by atoms with Gasteiger partial charge in [-0.1, -0.05) is 18.2 Å². The van der Waals surface area contributed by atoms with Crippen molar-refractivity contribution in [2.24, 2.45) is 0 Å². The molecular formula is C22H17FN2O3S. The molecule has 1 unspecified atom stereocenters. The molecule has 2 aromatic heterocycles. The van der Waals surface area contributed by atoms with Crippen LogP contribution >= 0.6 is 11.3 Å². The van der Waals surface area contributed by atoms with E-state index in [-0.39, 0.29) is 23.4 Å². The molecule has 5 nitrogen and oxygen atoms in total. The molecule has 1 N–H and O–H groups in total. The maximum Gasteiger partial charge on any atom is 0.295 e. The highest BCUT2D eigenvalue weighted by atomic mass is 32.1. The Morgan fingerprint density at radius 2 is 1.97 bits per heavy atom. The Bertz CT molecular complexity index is 1110. The molecule has 1 saturated heterocycles. The fourth-order valence-corrected chi connectivity index (χ4v) is 4.21. The number of aliphatic hydroxyl groups is 1. The highest BCUT2D eigenvalue weighted by Gasteiger charge is 2.46. The van der Waals surface area contributed by atoms with E-state index in [9.17, 15) is 19.1 Å². The predicted octanol–water partition coefficient (Wildman–Crippen LogP) is 4.21. The van der Waals surface area contributed by atoms with Gasteiger partial charge in [-0.05, 0) is 47.7 Å². The first-order valence-corrected chi connectivity index (χ1v) is 9.82. The van der Waals surface area contributed by atoms with Crippen LogP contribution in [0.5, 0.6) is 0 Å². The molecule has 7 heteroatoms. The van der Waals surface area contributed by atoms with Crippen LogP contribution in [0.15, 0.2) is 65.8 Å². The summed E-state index contributed by atoms with van der Waals surface area (Å²) in [5.74, 6) is -2.35. The number of Topliss-reactive ketones (excluding diaryl/α,β-unsaturated/α-hetero) is 1. The Labute approximate surface area is 170 Å². The number of hydrogen-bond donors (Lipinski definition) is 1. The first-order chi connectivity index (χ1) is 14.0. The van der Waals surface area contributed by atoms with Crippen LogP contribution in [0.2, 0.25) is 0 Å². The van der Waals surface area contributed by atoms with Crippen LogP contribution in [0.3, 0.4) is 0 Å². The fourth-order valence-electron chi connectivity index (χ4n) is 3.37. The van der Waals surface area contributed by atoms with E-state index < -0.39 is 23.5 Å². The van der Waals surface area contributed by atoms with E-state index in [4.69, 9.17) is 0 Å². The monoisotopic (exact) mass is 408 g/mol. The summed E-state index contributed by atoms with van der Waals surface area (Å²) in [7, 11) is 0. The molecule has 0 saturated carbocycles. The number of halogens is 1. The van der Waals surface area contributed by atoms with Gasteiger partial charge in [0.2, 0.25) is 0 Å². The number of pyridine rings is 1. The van der Waals surface area contributed by atoms with Gasteiger partial charge in [-0.2, -0.15) is 0 Å². The first kappa shape index (κ1) is 19.0. The second-order valence-corrected chi connectivity index (χ2v) is 7.74. The summed E-state index contributed by atoms with van der Waals surface area (Å²) in [6.07, 6.45) is 3.22. The van der Waals surface area contributed by atoms with Crippen molar-refractivity contribution in [2.75, 3.05) is 0 Å². The van der Waals surface area contributed by atoms with Crippen LogP contribution in [-0.2, 0) is 16.1 Å². The van der Waals surface area contributed by atoms with Gasteiger partial charge in [0.05, 0.1) is 11.6 Å². The minimum Gasteiger partial charge on any atom is -0.507 e. The molecule has 0 radical (unpaired) electrons. The van der Waals surface area contributed by atoms with Gasteiger partial charge in [0, 0.05) is 29.4 Å². The van der Waals surface area contributed by atoms with Crippen molar-refractivity contribution in [1.29, 1.82) is 0 Å². The van der Waals surface area contributed by atoms with E-state index >= 15 is 0 Å². The van der Waals surface area contributed by atoms with Crippen molar-refractivity contribution in [1.82, 2.24) is 9.88 Å². The molecule has 0 spiro atoms. The number of nitrogens with zero attached hydrogens (tertiary/aromatic N) is 2. The molecule has 1 aliphatic rings. The maximum absolute atomic E-state index is 14.0. The van der Waals surface area contributed by atoms with Crippen LogP contribution in [0.25, 0.3) is 5.76 Å². The van der Waals surface area contributed by atoms with Crippen LogP contribution < -0.4 is 0 Å². The van der Waals surface area contributed by atoms with E-state index in [1.807, 2.05) is 17.5 Å². The highest BCUT2D eigenvalue weighted by Crippen LogP contribution is 2.41. The van der Waals surface area contributed by atoms with Gasteiger partial charge >= 0.3 is 0 Å². The lowest BCUT2D eigenvalue weighted by Gasteiger charge is -2.24. The lowest BCUT2D eigenvalue weighted by molar-refractivity contribution is -0.140. The number of thiophene rings is 1. The zero-order valence-corrected chi connectivity index (χ0v) is 16.3. The Hall–Kier alpha value is -3.32. The number of carbonyl (C=O) groups is 2. The van der Waals surface area contributed by atoms with E-state index in [1.165, 1.54) is 34.4 Å². The summed E-state index contributed by atoms with van der Waals surface area (Å²) in [6, 6.07) is 10.6. The lowest BCUT2D eigenvalue weighted by Crippen LogP contribution is -2.28. The van der Waals surface area contributed by atoms with Gasteiger partial charge in [0.15, 0.2) is 0 Å². The summed E-state index contributed by atoms with van der Waals surface area (Å²) < 4.78 is 14.0. The minimum absolute atomic E-state index is 0.0326. The van der Waals surface area contributed by atoms with Crippen LogP contribution in [0.1, 0.15) is 27.6 Å². The van der Waals surface area contributed by atoms with Gasteiger partial charge in [0.25, 0.3) is 11.7 Å². The molecule has 3 heterocycles. The average molecular weight is 408 g/mol. The van der Waals surface area contributed by atoms with Gasteiger partial charge in [-0.3, -0.25) is 14.6 Å². The Morgan fingerprint density at radius 1 is 1.21 bits per heavy atom. The highest BCUT2D eigenvalue weighted by molar-refractivity contribution is 7.10. The minimum atomic E-state index is -0.782. The summed E-state index contributed by atoms with van der Waals surface area (Å²) in [5, 5.41) is 12.7. The smallest absolute Gasteiger partial charge is 0.295 e. The lowest BCUT2D eigenvalue weighted by atomic mass is 9.99. The number of aryl methyl sites for hydroxylation is 1. The second kappa shape index (κ2) is 7.60. The van der Waals surface area contributed by atoms with Crippen molar-refractivity contribution in [2.45, 2.75) is 19.5 Å². The van der Waals surface area contributed by atoms with Crippen LogP contribution in [-0.4, -0.2) is 26.7 Å². The molecule has 1 aromatic carbocycles. The van der Waals surface area contributed by atoms with Gasteiger partial charge in [-0.25, -0.2) is 4.39 Å². The second-order valence-electron chi connectivity index (χ2n) is 6.76. The van der Waals surface area contributed by atoms with Crippen molar-refractivity contribution in [3.05, 3.63) is 93.2 Å². The number of hydrogen-bond acceptors (Lipinski definition) is 5. The number of likely N-dealkylation sites (tertiary alicyclic amines) is 1. The zero-order chi connectivity index (χ0) is 20.5. The van der Waals surface area contributed by atoms with Crippen molar-refractivity contribution in [3.8, 4) is 0 Å². The SMILES string of the molecule is Cc1ccc(/C(O)=C2/C(=O)C(=O)N(Cc3ccncc3)C2c2cccs2)cc1F. The van der Waals surface area contributed by atoms with E-state index in [0.717, 1.165) is 10.4 Å². The number of benzene rings is 1. The summed E-state index contributed by atoms with van der Waals surface area (Å²) in [4.78, 5) is 31.8. The third kappa shape index (κ3) is 3.45. The molecular weight excluding hydrogens is 391 g/mol. The molecule has 29 heavy (non-hydrogen) atoms. The largest absolute Gasteiger partial charge is 0.507 e. The molecule has 4 rings (SSSR count). The number of aromatic nitrogens is 1. The molecule has 0 aliphatic carbocycles. The van der Waals surface area contributed by atoms with Crippen molar-refractivity contribution >= 4 is 28.8 Å². The normalized spacial score (nSPS) is 18.4. The molecule has 3 aromatic rings.